The van der Waals surface area contributed by atoms with Crippen LogP contribution in [-0.4, -0.2) is 43.8 Å². The summed E-state index contributed by atoms with van der Waals surface area (Å²) in [4.78, 5) is 29.1. The molecule has 1 atom stereocenters. The molecule has 0 aromatic heterocycles. The van der Waals surface area contributed by atoms with E-state index in [0.29, 0.717) is 16.5 Å². The first-order valence-corrected chi connectivity index (χ1v) is 15.6. The molecule has 1 fully saturated rings. The maximum absolute atomic E-state index is 14.1. The van der Waals surface area contributed by atoms with Crippen LogP contribution >= 0.6 is 23.2 Å². The summed E-state index contributed by atoms with van der Waals surface area (Å²) < 4.78 is 28.7. The molecule has 3 aromatic rings. The molecule has 3 aromatic carbocycles. The molecular formula is C30H33Cl2N3O4S. The van der Waals surface area contributed by atoms with E-state index < -0.39 is 28.5 Å². The van der Waals surface area contributed by atoms with Gasteiger partial charge in [-0.1, -0.05) is 79.4 Å². The molecule has 0 bridgehead atoms. The Labute approximate surface area is 246 Å². The highest BCUT2D eigenvalue weighted by Crippen LogP contribution is 2.27. The number of sulfonamides is 1. The summed E-state index contributed by atoms with van der Waals surface area (Å²) in [6, 6.07) is 20.6. The third-order valence-electron chi connectivity index (χ3n) is 7.06. The second-order valence-corrected chi connectivity index (χ2v) is 12.6. The molecule has 2 amide bonds. The third-order valence-corrected chi connectivity index (χ3v) is 9.34. The molecule has 10 heteroatoms. The highest BCUT2D eigenvalue weighted by Gasteiger charge is 2.34. The summed E-state index contributed by atoms with van der Waals surface area (Å²) in [5, 5.41) is 3.99. The zero-order chi connectivity index (χ0) is 28.7. The van der Waals surface area contributed by atoms with Crippen LogP contribution < -0.4 is 9.62 Å². The Hall–Kier alpha value is -3.07. The van der Waals surface area contributed by atoms with Crippen LogP contribution in [0.4, 0.5) is 5.69 Å². The van der Waals surface area contributed by atoms with E-state index in [-0.39, 0.29) is 29.1 Å². The lowest BCUT2D eigenvalue weighted by Crippen LogP contribution is -2.53. The SMILES string of the molecule is CC[C@@H](C(=O)NC1CCCC1)N(Cc1ccc(Cl)cc1)C(=O)CN(c1cccc(Cl)c1)S(=O)(=O)c1ccccc1. The van der Waals surface area contributed by atoms with Crippen molar-refractivity contribution in [2.75, 3.05) is 10.8 Å². The number of carbonyl (C=O) groups excluding carboxylic acids is 2. The minimum absolute atomic E-state index is 0.0399. The first-order valence-electron chi connectivity index (χ1n) is 13.4. The largest absolute Gasteiger partial charge is 0.352 e. The highest BCUT2D eigenvalue weighted by molar-refractivity contribution is 7.92. The Morgan fingerprint density at radius 1 is 0.925 bits per heavy atom. The summed E-state index contributed by atoms with van der Waals surface area (Å²) in [6.07, 6.45) is 4.29. The summed E-state index contributed by atoms with van der Waals surface area (Å²) in [7, 11) is -4.14. The summed E-state index contributed by atoms with van der Waals surface area (Å²) in [6.45, 7) is 1.44. The molecule has 0 saturated heterocycles. The van der Waals surface area contributed by atoms with Crippen LogP contribution in [0.2, 0.25) is 10.0 Å². The van der Waals surface area contributed by atoms with Crippen LogP contribution in [0, 0.1) is 0 Å². The number of nitrogens with zero attached hydrogens (tertiary/aromatic N) is 2. The molecule has 0 spiro atoms. The van der Waals surface area contributed by atoms with E-state index in [1.165, 1.54) is 23.1 Å². The number of rotatable bonds is 11. The molecule has 7 nitrogen and oxygen atoms in total. The average Bonchev–Trinajstić information content (AvgIpc) is 3.46. The van der Waals surface area contributed by atoms with Gasteiger partial charge in [0.2, 0.25) is 11.8 Å². The Morgan fingerprint density at radius 2 is 1.60 bits per heavy atom. The van der Waals surface area contributed by atoms with E-state index in [2.05, 4.69) is 5.32 Å². The van der Waals surface area contributed by atoms with Crippen molar-refractivity contribution in [2.45, 2.75) is 62.6 Å². The zero-order valence-electron chi connectivity index (χ0n) is 22.3. The molecule has 0 unspecified atom stereocenters. The molecule has 0 radical (unpaired) electrons. The van der Waals surface area contributed by atoms with Crippen molar-refractivity contribution in [1.29, 1.82) is 0 Å². The first-order chi connectivity index (χ1) is 19.2. The Kier molecular flexibility index (Phi) is 10.1. The standard InChI is InChI=1S/C30H33Cl2N3O4S/c1-2-28(30(37)33-25-10-6-7-11-25)34(20-22-15-17-23(31)18-16-22)29(36)21-35(26-12-8-9-24(32)19-26)40(38,39)27-13-4-3-5-14-27/h3-5,8-9,12-19,25,28H,2,6-7,10-11,20-21H2,1H3,(H,33,37)/t28-/m0/s1. The van der Waals surface area contributed by atoms with Gasteiger partial charge in [0.05, 0.1) is 10.6 Å². The zero-order valence-corrected chi connectivity index (χ0v) is 24.6. The fraction of sp³-hybridized carbons (Fsp3) is 0.333. The van der Waals surface area contributed by atoms with Crippen molar-refractivity contribution in [3.8, 4) is 0 Å². The van der Waals surface area contributed by atoms with Crippen LogP contribution in [0.1, 0.15) is 44.6 Å². The van der Waals surface area contributed by atoms with Crippen LogP contribution in [0.3, 0.4) is 0 Å². The van der Waals surface area contributed by atoms with Gasteiger partial charge in [0.15, 0.2) is 0 Å². The topological polar surface area (TPSA) is 86.8 Å². The fourth-order valence-corrected chi connectivity index (χ4v) is 6.69. The molecule has 212 valence electrons. The minimum atomic E-state index is -4.14. The van der Waals surface area contributed by atoms with Crippen LogP contribution in [0.15, 0.2) is 83.8 Å². The smallest absolute Gasteiger partial charge is 0.264 e. The number of anilines is 1. The van der Waals surface area contributed by atoms with Crippen molar-refractivity contribution >= 4 is 50.7 Å². The van der Waals surface area contributed by atoms with E-state index >= 15 is 0 Å². The minimum Gasteiger partial charge on any atom is -0.352 e. The van der Waals surface area contributed by atoms with Crippen LogP contribution in [0.5, 0.6) is 0 Å². The van der Waals surface area contributed by atoms with Crippen LogP contribution in [0.25, 0.3) is 0 Å². The van der Waals surface area contributed by atoms with Crippen molar-refractivity contribution in [3.63, 3.8) is 0 Å². The molecule has 1 saturated carbocycles. The normalized spacial score (nSPS) is 14.5. The predicted molar refractivity (Wildman–Crippen MR) is 159 cm³/mol. The van der Waals surface area contributed by atoms with Gasteiger partial charge in [0, 0.05) is 22.6 Å². The number of hydrogen-bond acceptors (Lipinski definition) is 4. The lowest BCUT2D eigenvalue weighted by molar-refractivity contribution is -0.140. The molecule has 1 aliphatic rings. The number of carbonyl (C=O) groups is 2. The second kappa shape index (κ2) is 13.5. The monoisotopic (exact) mass is 601 g/mol. The van der Waals surface area contributed by atoms with Gasteiger partial charge in [-0.2, -0.15) is 0 Å². The van der Waals surface area contributed by atoms with Crippen molar-refractivity contribution in [3.05, 3.63) is 94.5 Å². The first kappa shape index (κ1) is 29.9. The lowest BCUT2D eigenvalue weighted by atomic mass is 10.1. The molecule has 40 heavy (non-hydrogen) atoms. The number of halogens is 2. The molecule has 4 rings (SSSR count). The summed E-state index contributed by atoms with van der Waals surface area (Å²) in [5.41, 5.74) is 1.02. The van der Waals surface area contributed by atoms with Gasteiger partial charge in [0.1, 0.15) is 12.6 Å². The summed E-state index contributed by atoms with van der Waals surface area (Å²) in [5.74, 6) is -0.750. The quantitative estimate of drug-likeness (QED) is 0.289. The third kappa shape index (κ3) is 7.36. The molecule has 1 aliphatic carbocycles. The summed E-state index contributed by atoms with van der Waals surface area (Å²) >= 11 is 12.3. The van der Waals surface area contributed by atoms with E-state index in [0.717, 1.165) is 35.6 Å². The Balaban J connectivity index is 1.70. The number of amides is 2. The molecular weight excluding hydrogens is 569 g/mol. The average molecular weight is 603 g/mol. The Bertz CT molecular complexity index is 1410. The van der Waals surface area contributed by atoms with Crippen molar-refractivity contribution in [1.82, 2.24) is 10.2 Å². The van der Waals surface area contributed by atoms with Gasteiger partial charge < -0.3 is 10.2 Å². The van der Waals surface area contributed by atoms with Gasteiger partial charge in [-0.15, -0.1) is 0 Å². The van der Waals surface area contributed by atoms with E-state index in [4.69, 9.17) is 23.2 Å². The van der Waals surface area contributed by atoms with E-state index in [1.807, 2.05) is 6.92 Å². The van der Waals surface area contributed by atoms with Gasteiger partial charge in [0.25, 0.3) is 10.0 Å². The number of hydrogen-bond donors (Lipinski definition) is 1. The van der Waals surface area contributed by atoms with E-state index in [1.54, 1.807) is 60.7 Å². The van der Waals surface area contributed by atoms with Gasteiger partial charge in [-0.25, -0.2) is 8.42 Å². The number of nitrogens with one attached hydrogen (secondary N) is 1. The molecule has 0 heterocycles. The fourth-order valence-electron chi connectivity index (χ4n) is 4.95. The van der Waals surface area contributed by atoms with Gasteiger partial charge >= 0.3 is 0 Å². The van der Waals surface area contributed by atoms with Crippen LogP contribution in [-0.2, 0) is 26.2 Å². The number of benzene rings is 3. The molecule has 1 N–H and O–H groups in total. The molecule has 0 aliphatic heterocycles. The highest BCUT2D eigenvalue weighted by atomic mass is 35.5. The second-order valence-electron chi connectivity index (χ2n) is 9.87. The van der Waals surface area contributed by atoms with Crippen molar-refractivity contribution < 1.29 is 18.0 Å². The lowest BCUT2D eigenvalue weighted by Gasteiger charge is -2.33. The maximum atomic E-state index is 14.1. The van der Waals surface area contributed by atoms with Gasteiger partial charge in [-0.3, -0.25) is 13.9 Å². The Morgan fingerprint density at radius 3 is 2.23 bits per heavy atom. The van der Waals surface area contributed by atoms with Crippen molar-refractivity contribution in [2.24, 2.45) is 0 Å². The van der Waals surface area contributed by atoms with E-state index in [9.17, 15) is 18.0 Å². The maximum Gasteiger partial charge on any atom is 0.264 e. The predicted octanol–water partition coefficient (Wildman–Crippen LogP) is 6.05. The van der Waals surface area contributed by atoms with Gasteiger partial charge in [-0.05, 0) is 67.3 Å².